The Morgan fingerprint density at radius 3 is 2.83 bits per heavy atom. The number of hydrogen-bond donors (Lipinski definition) is 2. The summed E-state index contributed by atoms with van der Waals surface area (Å²) in [6.45, 7) is 0.744. The molecule has 1 aliphatic heterocycles. The van der Waals surface area contributed by atoms with E-state index in [0.717, 1.165) is 42.0 Å². The molecule has 5 nitrogen and oxygen atoms in total. The quantitative estimate of drug-likeness (QED) is 0.872. The summed E-state index contributed by atoms with van der Waals surface area (Å²) in [5, 5.41) is 12.2. The molecule has 1 spiro atoms. The number of aliphatic imine (C=N–C) groups is 1. The number of halogens is 2. The molecule has 0 radical (unpaired) electrons. The summed E-state index contributed by atoms with van der Waals surface area (Å²) in [6.07, 6.45) is 7.12. The molecule has 0 atom stereocenters. The van der Waals surface area contributed by atoms with Crippen LogP contribution in [0, 0.1) is 0 Å². The Hall–Kier alpha value is -1.56. The highest BCUT2D eigenvalue weighted by Crippen LogP contribution is 2.55. The molecular weight excluding hydrogens is 345 g/mol. The summed E-state index contributed by atoms with van der Waals surface area (Å²) >= 11 is 13.3. The van der Waals surface area contributed by atoms with Crippen LogP contribution in [-0.4, -0.2) is 29.7 Å². The predicted molar refractivity (Wildman–Crippen MR) is 98.9 cm³/mol. The maximum Gasteiger partial charge on any atom is 0.111 e. The molecule has 126 valence electrons. The van der Waals surface area contributed by atoms with Crippen LogP contribution in [0.3, 0.4) is 0 Å². The number of fused-ring (bicyclic) bond motifs is 2. The minimum Gasteiger partial charge on any atom is -0.342 e. The molecule has 0 unspecified atom stereocenters. The van der Waals surface area contributed by atoms with E-state index in [9.17, 15) is 0 Å². The largest absolute Gasteiger partial charge is 0.342 e. The van der Waals surface area contributed by atoms with Crippen LogP contribution in [0.1, 0.15) is 30.4 Å². The highest BCUT2D eigenvalue weighted by molar-refractivity contribution is 6.41. The van der Waals surface area contributed by atoms with Crippen LogP contribution in [0.25, 0.3) is 5.69 Å². The SMILES string of the molecule is CN=C1Nc2c(cc(Cl)c(-n3cc(CNC)cn3)c2Cl)C12CCC2. The smallest absolute Gasteiger partial charge is 0.111 e. The molecule has 2 N–H and O–H groups in total. The van der Waals surface area contributed by atoms with Gasteiger partial charge in [0.1, 0.15) is 11.5 Å². The molecule has 1 aliphatic carbocycles. The molecule has 0 amide bonds. The summed E-state index contributed by atoms with van der Waals surface area (Å²) in [5.74, 6) is 0.996. The van der Waals surface area contributed by atoms with E-state index in [4.69, 9.17) is 23.2 Å². The monoisotopic (exact) mass is 363 g/mol. The lowest BCUT2D eigenvalue weighted by Crippen LogP contribution is -2.41. The molecule has 1 fully saturated rings. The highest BCUT2D eigenvalue weighted by atomic mass is 35.5. The van der Waals surface area contributed by atoms with Crippen LogP contribution in [0.2, 0.25) is 10.0 Å². The Balaban J connectivity index is 1.85. The topological polar surface area (TPSA) is 54.2 Å². The van der Waals surface area contributed by atoms with Gasteiger partial charge in [0.15, 0.2) is 0 Å². The first-order valence-corrected chi connectivity index (χ1v) is 8.81. The average Bonchev–Trinajstić information content (AvgIpc) is 3.09. The van der Waals surface area contributed by atoms with E-state index < -0.39 is 0 Å². The van der Waals surface area contributed by atoms with Crippen molar-refractivity contribution in [3.05, 3.63) is 39.6 Å². The molecule has 4 rings (SSSR count). The molecule has 7 heteroatoms. The van der Waals surface area contributed by atoms with E-state index >= 15 is 0 Å². The van der Waals surface area contributed by atoms with Crippen LogP contribution in [0.4, 0.5) is 5.69 Å². The van der Waals surface area contributed by atoms with Crippen LogP contribution in [-0.2, 0) is 12.0 Å². The van der Waals surface area contributed by atoms with Crippen molar-refractivity contribution in [2.45, 2.75) is 31.2 Å². The van der Waals surface area contributed by atoms with Crippen molar-refractivity contribution < 1.29 is 0 Å². The number of benzene rings is 1. The lowest BCUT2D eigenvalue weighted by molar-refractivity contribution is 0.347. The third-order valence-corrected chi connectivity index (χ3v) is 5.74. The van der Waals surface area contributed by atoms with Crippen molar-refractivity contribution in [3.63, 3.8) is 0 Å². The van der Waals surface area contributed by atoms with E-state index in [-0.39, 0.29) is 5.41 Å². The number of aromatic nitrogens is 2. The van der Waals surface area contributed by atoms with Crippen LogP contribution in [0.5, 0.6) is 0 Å². The Labute approximate surface area is 151 Å². The summed E-state index contributed by atoms with van der Waals surface area (Å²) in [5.41, 5.74) is 3.83. The van der Waals surface area contributed by atoms with Gasteiger partial charge in [-0.05, 0) is 31.5 Å². The third-order valence-electron chi connectivity index (χ3n) is 5.08. The van der Waals surface area contributed by atoms with E-state index in [1.54, 1.807) is 4.68 Å². The maximum absolute atomic E-state index is 6.73. The molecule has 24 heavy (non-hydrogen) atoms. The molecule has 2 aromatic rings. The number of rotatable bonds is 3. The predicted octanol–water partition coefficient (Wildman–Crippen LogP) is 3.77. The third kappa shape index (κ3) is 2.11. The van der Waals surface area contributed by atoms with E-state index in [0.29, 0.717) is 15.7 Å². The van der Waals surface area contributed by atoms with Crippen molar-refractivity contribution in [2.24, 2.45) is 4.99 Å². The van der Waals surface area contributed by atoms with Gasteiger partial charge in [0, 0.05) is 25.4 Å². The summed E-state index contributed by atoms with van der Waals surface area (Å²) < 4.78 is 1.74. The number of nitrogens with one attached hydrogen (secondary N) is 2. The summed E-state index contributed by atoms with van der Waals surface area (Å²) in [6, 6.07) is 2.03. The van der Waals surface area contributed by atoms with Crippen molar-refractivity contribution in [3.8, 4) is 5.69 Å². The van der Waals surface area contributed by atoms with Crippen molar-refractivity contribution in [1.82, 2.24) is 15.1 Å². The van der Waals surface area contributed by atoms with Crippen molar-refractivity contribution in [2.75, 3.05) is 19.4 Å². The zero-order chi connectivity index (χ0) is 16.9. The van der Waals surface area contributed by atoms with Gasteiger partial charge in [-0.25, -0.2) is 4.68 Å². The van der Waals surface area contributed by atoms with Gasteiger partial charge in [-0.1, -0.05) is 29.6 Å². The van der Waals surface area contributed by atoms with E-state index in [2.05, 4.69) is 20.7 Å². The minimum atomic E-state index is -0.0305. The second-order valence-electron chi connectivity index (χ2n) is 6.40. The van der Waals surface area contributed by atoms with Gasteiger partial charge >= 0.3 is 0 Å². The number of anilines is 1. The van der Waals surface area contributed by atoms with Crippen LogP contribution < -0.4 is 10.6 Å². The van der Waals surface area contributed by atoms with Gasteiger partial charge < -0.3 is 10.6 Å². The fourth-order valence-electron chi connectivity index (χ4n) is 3.77. The van der Waals surface area contributed by atoms with Crippen LogP contribution in [0.15, 0.2) is 23.5 Å². The van der Waals surface area contributed by atoms with Gasteiger partial charge in [0.2, 0.25) is 0 Å². The van der Waals surface area contributed by atoms with Crippen LogP contribution >= 0.6 is 23.2 Å². The maximum atomic E-state index is 6.73. The van der Waals surface area contributed by atoms with Gasteiger partial charge in [-0.2, -0.15) is 5.10 Å². The fraction of sp³-hybridized carbons (Fsp3) is 0.412. The molecule has 1 aromatic carbocycles. The molecule has 2 heterocycles. The molecule has 1 saturated carbocycles. The Morgan fingerprint density at radius 1 is 1.42 bits per heavy atom. The standard InChI is InChI=1S/C17H19Cl2N5/c1-20-7-10-8-22-24(9-10)15-12(18)6-11-14(13(15)19)23-16(21-2)17(11)4-3-5-17/h6,8-9,20H,3-5,7H2,1-2H3,(H,21,23). The summed E-state index contributed by atoms with van der Waals surface area (Å²) in [4.78, 5) is 4.45. The highest BCUT2D eigenvalue weighted by Gasteiger charge is 2.50. The lowest BCUT2D eigenvalue weighted by atomic mass is 9.65. The van der Waals surface area contributed by atoms with Gasteiger partial charge in [0.05, 0.1) is 27.3 Å². The van der Waals surface area contributed by atoms with Gasteiger partial charge in [0.25, 0.3) is 0 Å². The number of nitrogens with zero attached hydrogens (tertiary/aromatic N) is 3. The zero-order valence-electron chi connectivity index (χ0n) is 13.7. The first-order chi connectivity index (χ1) is 11.6. The fourth-order valence-corrected chi connectivity index (χ4v) is 4.44. The Morgan fingerprint density at radius 2 is 2.21 bits per heavy atom. The van der Waals surface area contributed by atoms with E-state index in [1.165, 1.54) is 6.42 Å². The van der Waals surface area contributed by atoms with Gasteiger partial charge in [-0.3, -0.25) is 4.99 Å². The lowest BCUT2D eigenvalue weighted by Gasteiger charge is -2.38. The first-order valence-electron chi connectivity index (χ1n) is 8.06. The van der Waals surface area contributed by atoms with Crippen molar-refractivity contribution >= 4 is 34.7 Å². The molecule has 0 bridgehead atoms. The number of hydrogen-bond acceptors (Lipinski definition) is 3. The second kappa shape index (κ2) is 5.76. The Bertz CT molecular complexity index is 836. The normalized spacial score (nSPS) is 19.4. The second-order valence-corrected chi connectivity index (χ2v) is 7.19. The molecule has 0 saturated heterocycles. The average molecular weight is 364 g/mol. The van der Waals surface area contributed by atoms with E-state index in [1.807, 2.05) is 32.6 Å². The number of amidine groups is 1. The molecule has 2 aliphatic rings. The molecule has 1 aromatic heterocycles. The first kappa shape index (κ1) is 15.9. The summed E-state index contributed by atoms with van der Waals surface area (Å²) in [7, 11) is 3.72. The zero-order valence-corrected chi connectivity index (χ0v) is 15.2. The Kier molecular flexibility index (Phi) is 3.82. The van der Waals surface area contributed by atoms with Gasteiger partial charge in [-0.15, -0.1) is 0 Å². The minimum absolute atomic E-state index is 0.0305. The van der Waals surface area contributed by atoms with Crippen molar-refractivity contribution in [1.29, 1.82) is 0 Å². The molecular formula is C17H19Cl2N5.